The minimum atomic E-state index is -0.909. The molecule has 2 fully saturated rings. The number of hydrogen-bond acceptors (Lipinski definition) is 8. The maximum atomic E-state index is 14.7. The van der Waals surface area contributed by atoms with Crippen molar-refractivity contribution in [2.75, 3.05) is 23.8 Å². The van der Waals surface area contributed by atoms with E-state index < -0.39 is 22.7 Å². The van der Waals surface area contributed by atoms with Gasteiger partial charge in [-0.1, -0.05) is 6.92 Å². The number of amides is 1. The highest BCUT2D eigenvalue weighted by Crippen LogP contribution is 2.43. The number of nitrogens with zero attached hydrogens (tertiary/aromatic N) is 5. The molecule has 4 N–H and O–H groups in total. The van der Waals surface area contributed by atoms with Gasteiger partial charge >= 0.3 is 0 Å². The van der Waals surface area contributed by atoms with E-state index in [4.69, 9.17) is 20.7 Å². The Balaban J connectivity index is 1.54. The van der Waals surface area contributed by atoms with E-state index in [0.717, 1.165) is 25.0 Å². The molecule has 1 aromatic carbocycles. The SMILES string of the molecule is C[C@]1(C(N)=O)CC[C@@H](n2c(Nc3c(F)cc(C#N)cc3F)nc3cnc(NC4CCOCC4)nc32)CC1. The van der Waals surface area contributed by atoms with Gasteiger partial charge in [-0.05, 0) is 50.7 Å². The van der Waals surface area contributed by atoms with Crippen molar-refractivity contribution >= 4 is 34.7 Å². The molecule has 1 saturated carbocycles. The summed E-state index contributed by atoms with van der Waals surface area (Å²) in [6.07, 6.45) is 5.56. The van der Waals surface area contributed by atoms with Gasteiger partial charge in [-0.25, -0.2) is 18.7 Å². The van der Waals surface area contributed by atoms with E-state index in [2.05, 4.69) is 20.6 Å². The van der Waals surface area contributed by atoms with Crippen LogP contribution in [0.3, 0.4) is 0 Å². The molecule has 5 rings (SSSR count). The number of anilines is 3. The molecule has 37 heavy (non-hydrogen) atoms. The summed E-state index contributed by atoms with van der Waals surface area (Å²) in [6.45, 7) is 3.18. The predicted octanol–water partition coefficient (Wildman–Crippen LogP) is 3.92. The summed E-state index contributed by atoms with van der Waals surface area (Å²) in [7, 11) is 0. The second-order valence-electron chi connectivity index (χ2n) is 9.95. The van der Waals surface area contributed by atoms with Gasteiger partial charge in [-0.2, -0.15) is 10.2 Å². The molecule has 194 valence electrons. The van der Waals surface area contributed by atoms with Crippen LogP contribution >= 0.6 is 0 Å². The Kier molecular flexibility index (Phi) is 6.64. The van der Waals surface area contributed by atoms with Crippen LogP contribution in [0.1, 0.15) is 57.1 Å². The van der Waals surface area contributed by atoms with E-state index in [0.29, 0.717) is 56.0 Å². The van der Waals surface area contributed by atoms with E-state index in [1.54, 1.807) is 12.3 Å². The summed E-state index contributed by atoms with van der Waals surface area (Å²) in [5.74, 6) is -1.53. The van der Waals surface area contributed by atoms with Crippen molar-refractivity contribution < 1.29 is 18.3 Å². The van der Waals surface area contributed by atoms with Crippen molar-refractivity contribution in [3.63, 3.8) is 0 Å². The smallest absolute Gasteiger partial charge is 0.224 e. The number of carbonyl (C=O) groups excluding carboxylic acids is 1. The predicted molar refractivity (Wildman–Crippen MR) is 132 cm³/mol. The number of nitriles is 1. The highest BCUT2D eigenvalue weighted by molar-refractivity contribution is 5.80. The number of rotatable bonds is 6. The van der Waals surface area contributed by atoms with Gasteiger partial charge in [0.1, 0.15) is 11.2 Å². The fraction of sp³-hybridized carbons (Fsp3) is 0.480. The molecule has 2 aromatic heterocycles. The van der Waals surface area contributed by atoms with Gasteiger partial charge in [-0.15, -0.1) is 0 Å². The molecule has 2 aliphatic rings. The molecule has 1 amide bonds. The minimum absolute atomic E-state index is 0.123. The Hall–Kier alpha value is -3.85. The fourth-order valence-corrected chi connectivity index (χ4v) is 5.03. The second-order valence-corrected chi connectivity index (χ2v) is 9.95. The minimum Gasteiger partial charge on any atom is -0.381 e. The first-order valence-electron chi connectivity index (χ1n) is 12.3. The maximum Gasteiger partial charge on any atom is 0.224 e. The van der Waals surface area contributed by atoms with Crippen molar-refractivity contribution in [3.8, 4) is 6.07 Å². The van der Waals surface area contributed by atoms with Gasteiger partial charge in [0.25, 0.3) is 0 Å². The number of ether oxygens (including phenoxy) is 1. The lowest BCUT2D eigenvalue weighted by Gasteiger charge is -2.35. The van der Waals surface area contributed by atoms with Crippen LogP contribution in [-0.2, 0) is 9.53 Å². The molecule has 0 unspecified atom stereocenters. The molecule has 0 spiro atoms. The quantitative estimate of drug-likeness (QED) is 0.453. The third-order valence-electron chi connectivity index (χ3n) is 7.41. The summed E-state index contributed by atoms with van der Waals surface area (Å²) >= 11 is 0. The van der Waals surface area contributed by atoms with Crippen LogP contribution in [0.25, 0.3) is 11.2 Å². The number of nitrogens with one attached hydrogen (secondary N) is 2. The van der Waals surface area contributed by atoms with Crippen molar-refractivity contribution in [3.05, 3.63) is 35.5 Å². The molecule has 3 heterocycles. The number of imidazole rings is 1. The Labute approximate surface area is 212 Å². The van der Waals surface area contributed by atoms with Crippen LogP contribution in [0.2, 0.25) is 0 Å². The van der Waals surface area contributed by atoms with Gasteiger partial charge in [0.2, 0.25) is 17.8 Å². The number of hydrogen-bond donors (Lipinski definition) is 3. The van der Waals surface area contributed by atoms with Crippen LogP contribution in [0.5, 0.6) is 0 Å². The molecule has 0 bridgehead atoms. The highest BCUT2D eigenvalue weighted by atomic mass is 19.1. The topological polar surface area (TPSA) is 144 Å². The fourth-order valence-electron chi connectivity index (χ4n) is 5.03. The second kappa shape index (κ2) is 9.89. The van der Waals surface area contributed by atoms with Crippen LogP contribution in [0.4, 0.5) is 26.4 Å². The highest BCUT2D eigenvalue weighted by Gasteiger charge is 2.38. The number of carbonyl (C=O) groups is 1. The Morgan fingerprint density at radius 1 is 1.19 bits per heavy atom. The number of halogens is 2. The van der Waals surface area contributed by atoms with Crippen molar-refractivity contribution in [1.29, 1.82) is 5.26 Å². The molecule has 1 saturated heterocycles. The number of primary amides is 1. The first-order valence-corrected chi connectivity index (χ1v) is 12.3. The van der Waals surface area contributed by atoms with Crippen LogP contribution in [0.15, 0.2) is 18.3 Å². The first-order chi connectivity index (χ1) is 17.8. The maximum absolute atomic E-state index is 14.7. The van der Waals surface area contributed by atoms with E-state index in [9.17, 15) is 13.6 Å². The summed E-state index contributed by atoms with van der Waals surface area (Å²) < 4.78 is 36.7. The first kappa shape index (κ1) is 24.8. The Morgan fingerprint density at radius 3 is 2.49 bits per heavy atom. The third-order valence-corrected chi connectivity index (χ3v) is 7.41. The molecule has 12 heteroatoms. The molecule has 1 aliphatic carbocycles. The van der Waals surface area contributed by atoms with Crippen molar-refractivity contribution in [1.82, 2.24) is 19.5 Å². The number of nitrogens with two attached hydrogens (primary N) is 1. The van der Waals surface area contributed by atoms with Gasteiger partial charge < -0.3 is 21.1 Å². The largest absolute Gasteiger partial charge is 0.381 e. The van der Waals surface area contributed by atoms with E-state index in [-0.39, 0.29) is 29.5 Å². The molecule has 0 atom stereocenters. The summed E-state index contributed by atoms with van der Waals surface area (Å²) in [5, 5.41) is 15.2. The number of fused-ring (bicyclic) bond motifs is 1. The van der Waals surface area contributed by atoms with Gasteiger partial charge in [0, 0.05) is 30.7 Å². The summed E-state index contributed by atoms with van der Waals surface area (Å²) in [6, 6.07) is 3.70. The number of benzene rings is 1. The van der Waals surface area contributed by atoms with E-state index >= 15 is 0 Å². The lowest BCUT2D eigenvalue weighted by atomic mass is 9.73. The van der Waals surface area contributed by atoms with Crippen molar-refractivity contribution in [2.24, 2.45) is 11.1 Å². The molecule has 1 aliphatic heterocycles. The normalized spacial score (nSPS) is 22.5. The monoisotopic (exact) mass is 510 g/mol. The van der Waals surface area contributed by atoms with Crippen LogP contribution in [-0.4, -0.2) is 44.7 Å². The Morgan fingerprint density at radius 2 is 1.86 bits per heavy atom. The summed E-state index contributed by atoms with van der Waals surface area (Å²) in [4.78, 5) is 25.7. The van der Waals surface area contributed by atoms with Gasteiger partial charge in [-0.3, -0.25) is 9.36 Å². The number of aromatic nitrogens is 4. The molecule has 3 aromatic rings. The summed E-state index contributed by atoms with van der Waals surface area (Å²) in [5.41, 5.74) is 5.45. The molecular formula is C25H28F2N8O2. The zero-order valence-corrected chi connectivity index (χ0v) is 20.4. The van der Waals surface area contributed by atoms with Gasteiger partial charge in [0.15, 0.2) is 17.3 Å². The molecule has 10 nitrogen and oxygen atoms in total. The van der Waals surface area contributed by atoms with Crippen molar-refractivity contribution in [2.45, 2.75) is 57.5 Å². The average Bonchev–Trinajstić information content (AvgIpc) is 3.24. The lowest BCUT2D eigenvalue weighted by Crippen LogP contribution is -2.38. The van der Waals surface area contributed by atoms with E-state index in [1.807, 2.05) is 11.5 Å². The standard InChI is InChI=1S/C25H28F2N8O2/c1-25(22(29)36)6-2-16(3-7-25)35-21-19(13-30-23(34-21)31-15-4-8-37-9-5-15)32-24(35)33-20-17(26)10-14(12-28)11-18(20)27/h10-11,13,15-16H,2-9H2,1H3,(H2,29,36)(H,32,33)(H,30,31,34)/t16-,25+. The Bertz CT molecular complexity index is 1350. The molecular weight excluding hydrogens is 482 g/mol. The third kappa shape index (κ3) is 4.91. The average molecular weight is 511 g/mol. The zero-order chi connectivity index (χ0) is 26.2. The van der Waals surface area contributed by atoms with Gasteiger partial charge in [0.05, 0.1) is 17.8 Å². The lowest BCUT2D eigenvalue weighted by molar-refractivity contribution is -0.128. The molecule has 0 radical (unpaired) electrons. The zero-order valence-electron chi connectivity index (χ0n) is 20.4. The van der Waals surface area contributed by atoms with Crippen LogP contribution in [0, 0.1) is 28.4 Å². The van der Waals surface area contributed by atoms with E-state index in [1.165, 1.54) is 0 Å². The van der Waals surface area contributed by atoms with Crippen LogP contribution < -0.4 is 16.4 Å².